The van der Waals surface area contributed by atoms with Gasteiger partial charge >= 0.3 is 6.18 Å². The van der Waals surface area contributed by atoms with Crippen molar-refractivity contribution in [2.75, 3.05) is 19.5 Å². The van der Waals surface area contributed by atoms with Gasteiger partial charge in [0.25, 0.3) is 0 Å². The maximum Gasteiger partial charge on any atom is 0.433 e. The van der Waals surface area contributed by atoms with E-state index < -0.39 is 11.9 Å². The molecule has 6 heteroatoms. The van der Waals surface area contributed by atoms with Crippen LogP contribution < -0.4 is 5.32 Å². The number of benzene rings is 1. The molecular weight excluding hydrogens is 269 g/mol. The summed E-state index contributed by atoms with van der Waals surface area (Å²) in [5, 5.41) is 3.50. The standard InChI is InChI=1S/C14H15F3N2O/c1-8-11(18-2)10-6-4-5-9(7-20-3)12(10)19-13(8)14(15,16)17/h4-6H,7H2,1-3H3,(H,18,19). The van der Waals surface area contributed by atoms with Crippen molar-refractivity contribution < 1.29 is 17.9 Å². The van der Waals surface area contributed by atoms with Crippen molar-refractivity contribution in [3.8, 4) is 0 Å². The van der Waals surface area contributed by atoms with Crippen LogP contribution in [0.1, 0.15) is 16.8 Å². The lowest BCUT2D eigenvalue weighted by molar-refractivity contribution is -0.141. The number of anilines is 1. The molecule has 0 aliphatic heterocycles. The number of hydrogen-bond acceptors (Lipinski definition) is 3. The third kappa shape index (κ3) is 2.43. The number of pyridine rings is 1. The highest BCUT2D eigenvalue weighted by molar-refractivity contribution is 5.95. The smallest absolute Gasteiger partial charge is 0.387 e. The molecule has 1 N–H and O–H groups in total. The fraction of sp³-hybridized carbons (Fsp3) is 0.357. The molecule has 0 aliphatic carbocycles. The van der Waals surface area contributed by atoms with Gasteiger partial charge in [-0.15, -0.1) is 0 Å². The molecule has 0 aliphatic rings. The zero-order valence-corrected chi connectivity index (χ0v) is 11.4. The van der Waals surface area contributed by atoms with Crippen LogP contribution in [-0.4, -0.2) is 19.1 Å². The predicted octanol–water partition coefficient (Wildman–Crippen LogP) is 3.75. The molecule has 0 unspecified atom stereocenters. The van der Waals surface area contributed by atoms with Crippen molar-refractivity contribution >= 4 is 16.6 Å². The monoisotopic (exact) mass is 284 g/mol. The Morgan fingerprint density at radius 1 is 1.30 bits per heavy atom. The average molecular weight is 284 g/mol. The van der Waals surface area contributed by atoms with E-state index in [1.165, 1.54) is 14.0 Å². The molecule has 0 bridgehead atoms. The van der Waals surface area contributed by atoms with Gasteiger partial charge in [0, 0.05) is 36.4 Å². The molecule has 0 fully saturated rings. The summed E-state index contributed by atoms with van der Waals surface area (Å²) in [5.41, 5.74) is 0.629. The van der Waals surface area contributed by atoms with Crippen molar-refractivity contribution in [1.29, 1.82) is 0 Å². The van der Waals surface area contributed by atoms with E-state index in [1.807, 2.05) is 0 Å². The second kappa shape index (κ2) is 5.28. The third-order valence-corrected chi connectivity index (χ3v) is 3.16. The summed E-state index contributed by atoms with van der Waals surface area (Å²) in [5.74, 6) is 0. The summed E-state index contributed by atoms with van der Waals surface area (Å²) in [4.78, 5) is 3.83. The first-order chi connectivity index (χ1) is 9.40. The van der Waals surface area contributed by atoms with Crippen LogP contribution in [0.2, 0.25) is 0 Å². The van der Waals surface area contributed by atoms with E-state index in [0.29, 0.717) is 22.2 Å². The minimum absolute atomic E-state index is 0.0991. The normalized spacial score (nSPS) is 11.9. The SMILES string of the molecule is CNc1c(C)c(C(F)(F)F)nc2c(COC)cccc12. The van der Waals surface area contributed by atoms with Crippen molar-refractivity contribution in [3.63, 3.8) is 0 Å². The van der Waals surface area contributed by atoms with Gasteiger partial charge in [0.15, 0.2) is 0 Å². The van der Waals surface area contributed by atoms with Crippen LogP contribution in [-0.2, 0) is 17.5 Å². The Morgan fingerprint density at radius 2 is 2.00 bits per heavy atom. The molecule has 0 spiro atoms. The Bertz CT molecular complexity index is 638. The second-order valence-electron chi connectivity index (χ2n) is 4.45. The van der Waals surface area contributed by atoms with Crippen LogP contribution >= 0.6 is 0 Å². The molecule has 1 aromatic carbocycles. The number of para-hydroxylation sites is 1. The maximum absolute atomic E-state index is 13.1. The van der Waals surface area contributed by atoms with Crippen LogP contribution in [0.25, 0.3) is 10.9 Å². The van der Waals surface area contributed by atoms with Crippen LogP contribution in [0.3, 0.4) is 0 Å². The third-order valence-electron chi connectivity index (χ3n) is 3.16. The molecule has 0 saturated carbocycles. The van der Waals surface area contributed by atoms with E-state index >= 15 is 0 Å². The Morgan fingerprint density at radius 3 is 2.55 bits per heavy atom. The molecule has 108 valence electrons. The first kappa shape index (κ1) is 14.6. The number of nitrogens with zero attached hydrogens (tertiary/aromatic N) is 1. The van der Waals surface area contributed by atoms with E-state index in [-0.39, 0.29) is 12.2 Å². The predicted molar refractivity (Wildman–Crippen MR) is 71.7 cm³/mol. The highest BCUT2D eigenvalue weighted by atomic mass is 19.4. The molecule has 20 heavy (non-hydrogen) atoms. The zero-order valence-electron chi connectivity index (χ0n) is 11.4. The fourth-order valence-corrected chi connectivity index (χ4v) is 2.31. The van der Waals surface area contributed by atoms with E-state index in [9.17, 15) is 13.2 Å². The molecule has 3 nitrogen and oxygen atoms in total. The number of hydrogen-bond donors (Lipinski definition) is 1. The average Bonchev–Trinajstić information content (AvgIpc) is 2.37. The lowest BCUT2D eigenvalue weighted by atomic mass is 10.0. The number of alkyl halides is 3. The van der Waals surface area contributed by atoms with Crippen LogP contribution in [0.4, 0.5) is 18.9 Å². The molecule has 2 aromatic rings. The summed E-state index contributed by atoms with van der Waals surface area (Å²) in [6, 6.07) is 5.25. The van der Waals surface area contributed by atoms with Gasteiger partial charge < -0.3 is 10.1 Å². The van der Waals surface area contributed by atoms with E-state index in [0.717, 1.165) is 0 Å². The molecule has 1 aromatic heterocycles. The van der Waals surface area contributed by atoms with Crippen LogP contribution in [0.15, 0.2) is 18.2 Å². The molecule has 0 amide bonds. The maximum atomic E-state index is 13.1. The second-order valence-corrected chi connectivity index (χ2v) is 4.45. The highest BCUT2D eigenvalue weighted by Crippen LogP contribution is 2.37. The van der Waals surface area contributed by atoms with Gasteiger partial charge in [-0.3, -0.25) is 0 Å². The first-order valence-electron chi connectivity index (χ1n) is 6.06. The Balaban J connectivity index is 2.85. The lowest BCUT2D eigenvalue weighted by Crippen LogP contribution is -2.13. The van der Waals surface area contributed by atoms with Crippen LogP contribution in [0.5, 0.6) is 0 Å². The van der Waals surface area contributed by atoms with Crippen molar-refractivity contribution in [1.82, 2.24) is 4.98 Å². The van der Waals surface area contributed by atoms with Gasteiger partial charge in [-0.05, 0) is 6.92 Å². The number of methoxy groups -OCH3 is 1. The van der Waals surface area contributed by atoms with Crippen LogP contribution in [0, 0.1) is 6.92 Å². The van der Waals surface area contributed by atoms with Gasteiger partial charge in [-0.2, -0.15) is 13.2 Å². The number of fused-ring (bicyclic) bond motifs is 1. The Labute approximate surface area is 114 Å². The summed E-state index contributed by atoms with van der Waals surface area (Å²) in [7, 11) is 3.10. The summed E-state index contributed by atoms with van der Waals surface area (Å²) < 4.78 is 44.3. The van der Waals surface area contributed by atoms with E-state index in [4.69, 9.17) is 4.74 Å². The minimum Gasteiger partial charge on any atom is -0.387 e. The van der Waals surface area contributed by atoms with Gasteiger partial charge in [-0.25, -0.2) is 4.98 Å². The Hall–Kier alpha value is -1.82. The largest absolute Gasteiger partial charge is 0.433 e. The number of nitrogens with one attached hydrogen (secondary N) is 1. The summed E-state index contributed by atoms with van der Waals surface area (Å²) >= 11 is 0. The van der Waals surface area contributed by atoms with E-state index in [1.54, 1.807) is 25.2 Å². The summed E-state index contributed by atoms with van der Waals surface area (Å²) in [6.07, 6.45) is -4.48. The fourth-order valence-electron chi connectivity index (χ4n) is 2.31. The highest BCUT2D eigenvalue weighted by Gasteiger charge is 2.36. The quantitative estimate of drug-likeness (QED) is 0.932. The van der Waals surface area contributed by atoms with Gasteiger partial charge in [0.1, 0.15) is 5.69 Å². The Kier molecular flexibility index (Phi) is 3.85. The first-order valence-corrected chi connectivity index (χ1v) is 6.06. The van der Waals surface area contributed by atoms with Gasteiger partial charge in [-0.1, -0.05) is 18.2 Å². The zero-order chi connectivity index (χ0) is 14.9. The van der Waals surface area contributed by atoms with Crippen molar-refractivity contribution in [2.24, 2.45) is 0 Å². The number of ether oxygens (including phenoxy) is 1. The number of halogens is 3. The minimum atomic E-state index is -4.48. The van der Waals surface area contributed by atoms with Crippen molar-refractivity contribution in [2.45, 2.75) is 19.7 Å². The lowest BCUT2D eigenvalue weighted by Gasteiger charge is -2.17. The number of rotatable bonds is 3. The summed E-state index contributed by atoms with van der Waals surface area (Å²) in [6.45, 7) is 1.64. The van der Waals surface area contributed by atoms with Crippen molar-refractivity contribution in [3.05, 3.63) is 35.0 Å². The van der Waals surface area contributed by atoms with Gasteiger partial charge in [0.2, 0.25) is 0 Å². The molecule has 0 radical (unpaired) electrons. The topological polar surface area (TPSA) is 34.2 Å². The molecule has 2 rings (SSSR count). The molecule has 0 atom stereocenters. The number of aromatic nitrogens is 1. The molecular formula is C14H15F3N2O. The van der Waals surface area contributed by atoms with E-state index in [2.05, 4.69) is 10.3 Å². The molecule has 0 saturated heterocycles. The van der Waals surface area contributed by atoms with Gasteiger partial charge in [0.05, 0.1) is 12.1 Å². The molecule has 1 heterocycles.